The molecule has 30 heavy (non-hydrogen) atoms. The Labute approximate surface area is 180 Å². The molecule has 11 heteroatoms. The molecular weight excluding hydrogens is 439 g/mol. The van der Waals surface area contributed by atoms with E-state index in [0.717, 1.165) is 12.1 Å². The van der Waals surface area contributed by atoms with E-state index in [2.05, 4.69) is 5.32 Å². The predicted octanol–water partition coefficient (Wildman–Crippen LogP) is 4.21. The van der Waals surface area contributed by atoms with Crippen molar-refractivity contribution in [2.45, 2.75) is 13.0 Å². The molecular formula is C19H14Cl2N2O7. The first-order valence-corrected chi connectivity index (χ1v) is 9.23. The van der Waals surface area contributed by atoms with Gasteiger partial charge in [-0.3, -0.25) is 14.9 Å². The van der Waals surface area contributed by atoms with Gasteiger partial charge in [-0.05, 0) is 36.8 Å². The Morgan fingerprint density at radius 3 is 2.70 bits per heavy atom. The van der Waals surface area contributed by atoms with Crippen LogP contribution < -0.4 is 14.8 Å². The Hall–Kier alpha value is -3.30. The molecule has 1 heterocycles. The largest absolute Gasteiger partial charge is 0.454 e. The molecule has 3 rings (SSSR count). The molecule has 0 unspecified atom stereocenters. The van der Waals surface area contributed by atoms with Crippen LogP contribution in [0.25, 0.3) is 6.08 Å². The summed E-state index contributed by atoms with van der Waals surface area (Å²) in [6, 6.07) is 6.82. The Balaban J connectivity index is 1.59. The van der Waals surface area contributed by atoms with Gasteiger partial charge in [-0.15, -0.1) is 0 Å². The summed E-state index contributed by atoms with van der Waals surface area (Å²) in [5.74, 6) is -0.519. The Bertz CT molecular complexity index is 1060. The smallest absolute Gasteiger partial charge is 0.331 e. The lowest BCUT2D eigenvalue weighted by Crippen LogP contribution is -2.29. The SMILES string of the molecule is C[C@H](OC(=O)/C=C\c1cc(Cl)c2c(c1)OCO2)C(=O)Nc1ccc([N+](=O)[O-])cc1Cl. The number of carbonyl (C=O) groups excluding carboxylic acids is 2. The third-order valence-electron chi connectivity index (χ3n) is 3.94. The van der Waals surface area contributed by atoms with E-state index in [1.165, 1.54) is 25.1 Å². The number of nitrogens with zero attached hydrogens (tertiary/aromatic N) is 1. The summed E-state index contributed by atoms with van der Waals surface area (Å²) in [6.45, 7) is 1.44. The molecule has 9 nitrogen and oxygen atoms in total. The van der Waals surface area contributed by atoms with Gasteiger partial charge in [-0.1, -0.05) is 23.2 Å². The van der Waals surface area contributed by atoms with Gasteiger partial charge in [0.1, 0.15) is 0 Å². The summed E-state index contributed by atoms with van der Waals surface area (Å²) in [6.07, 6.45) is 1.44. The summed E-state index contributed by atoms with van der Waals surface area (Å²) in [7, 11) is 0. The maximum Gasteiger partial charge on any atom is 0.331 e. The van der Waals surface area contributed by atoms with Crippen molar-refractivity contribution in [1.29, 1.82) is 0 Å². The minimum Gasteiger partial charge on any atom is -0.454 e. The number of ether oxygens (including phenoxy) is 3. The molecule has 1 aliphatic heterocycles. The Morgan fingerprint density at radius 1 is 1.23 bits per heavy atom. The molecule has 2 aromatic carbocycles. The minimum absolute atomic E-state index is 0.0179. The van der Waals surface area contributed by atoms with E-state index in [4.69, 9.17) is 37.4 Å². The quantitative estimate of drug-likeness (QED) is 0.301. The van der Waals surface area contributed by atoms with Gasteiger partial charge in [0.05, 0.1) is 20.7 Å². The van der Waals surface area contributed by atoms with Crippen LogP contribution in [-0.2, 0) is 14.3 Å². The van der Waals surface area contributed by atoms with E-state index in [9.17, 15) is 19.7 Å². The normalized spacial score (nSPS) is 13.2. The molecule has 0 radical (unpaired) electrons. The fraction of sp³-hybridized carbons (Fsp3) is 0.158. The lowest BCUT2D eigenvalue weighted by molar-refractivity contribution is -0.384. The number of nitrogens with one attached hydrogen (secondary N) is 1. The van der Waals surface area contributed by atoms with Gasteiger partial charge in [0.2, 0.25) is 6.79 Å². The molecule has 156 valence electrons. The summed E-state index contributed by atoms with van der Waals surface area (Å²) in [4.78, 5) is 34.3. The molecule has 0 spiro atoms. The standard InChI is InChI=1S/C19H14Cl2N2O7/c1-10(19(25)22-15-4-3-12(23(26)27)8-13(15)20)30-17(24)5-2-11-6-14(21)18-16(7-11)28-9-29-18/h2-8,10H,9H2,1H3,(H,22,25)/b5-2-/t10-/m0/s1. The zero-order chi connectivity index (χ0) is 21.8. The third-order valence-corrected chi connectivity index (χ3v) is 4.54. The number of hydrogen-bond acceptors (Lipinski definition) is 7. The predicted molar refractivity (Wildman–Crippen MR) is 109 cm³/mol. The minimum atomic E-state index is -1.14. The number of non-ortho nitro benzene ring substituents is 1. The average Bonchev–Trinajstić information content (AvgIpc) is 3.17. The van der Waals surface area contributed by atoms with Crippen molar-refractivity contribution in [3.8, 4) is 11.5 Å². The maximum absolute atomic E-state index is 12.2. The number of hydrogen-bond donors (Lipinski definition) is 1. The molecule has 1 amide bonds. The highest BCUT2D eigenvalue weighted by Gasteiger charge is 2.20. The highest BCUT2D eigenvalue weighted by atomic mass is 35.5. The van der Waals surface area contributed by atoms with E-state index >= 15 is 0 Å². The van der Waals surface area contributed by atoms with Crippen molar-refractivity contribution >= 4 is 52.5 Å². The van der Waals surface area contributed by atoms with Gasteiger partial charge in [0.25, 0.3) is 11.6 Å². The summed E-state index contributed by atoms with van der Waals surface area (Å²) in [5, 5.41) is 13.5. The van der Waals surface area contributed by atoms with Crippen LogP contribution in [0.15, 0.2) is 36.4 Å². The first-order valence-electron chi connectivity index (χ1n) is 8.47. The van der Waals surface area contributed by atoms with Crippen LogP contribution >= 0.6 is 23.2 Å². The highest BCUT2D eigenvalue weighted by molar-refractivity contribution is 6.34. The number of halogens is 2. The van der Waals surface area contributed by atoms with E-state index in [0.29, 0.717) is 22.1 Å². The number of nitro benzene ring substituents is 1. The van der Waals surface area contributed by atoms with Crippen LogP contribution in [0.1, 0.15) is 12.5 Å². The van der Waals surface area contributed by atoms with Crippen molar-refractivity contribution in [1.82, 2.24) is 0 Å². The van der Waals surface area contributed by atoms with Gasteiger partial charge in [-0.2, -0.15) is 0 Å². The van der Waals surface area contributed by atoms with Gasteiger partial charge < -0.3 is 19.5 Å². The zero-order valence-electron chi connectivity index (χ0n) is 15.4. The molecule has 0 bridgehead atoms. The molecule has 0 saturated heterocycles. The van der Waals surface area contributed by atoms with Crippen molar-refractivity contribution in [2.24, 2.45) is 0 Å². The number of esters is 1. The van der Waals surface area contributed by atoms with Crippen LogP contribution in [0.2, 0.25) is 10.0 Å². The zero-order valence-corrected chi connectivity index (χ0v) is 16.9. The lowest BCUT2D eigenvalue weighted by Gasteiger charge is -2.13. The second-order valence-electron chi connectivity index (χ2n) is 6.06. The first kappa shape index (κ1) is 21.4. The van der Waals surface area contributed by atoms with E-state index in [-0.39, 0.29) is 23.2 Å². The third kappa shape index (κ3) is 5.00. The monoisotopic (exact) mass is 452 g/mol. The number of carbonyl (C=O) groups is 2. The Kier molecular flexibility index (Phi) is 6.43. The second kappa shape index (κ2) is 9.02. The van der Waals surface area contributed by atoms with Gasteiger partial charge in [-0.25, -0.2) is 4.79 Å². The second-order valence-corrected chi connectivity index (χ2v) is 6.87. The number of benzene rings is 2. The molecule has 1 atom stereocenters. The number of fused-ring (bicyclic) bond motifs is 1. The van der Waals surface area contributed by atoms with Crippen LogP contribution in [0.3, 0.4) is 0 Å². The van der Waals surface area contributed by atoms with Gasteiger partial charge in [0, 0.05) is 18.2 Å². The number of anilines is 1. The molecule has 0 aliphatic carbocycles. The maximum atomic E-state index is 12.2. The molecule has 0 saturated carbocycles. The fourth-order valence-electron chi connectivity index (χ4n) is 2.47. The van der Waals surface area contributed by atoms with E-state index < -0.39 is 22.9 Å². The summed E-state index contributed by atoms with van der Waals surface area (Å²) < 4.78 is 15.5. The summed E-state index contributed by atoms with van der Waals surface area (Å²) in [5.41, 5.74) is 0.517. The number of rotatable bonds is 6. The average molecular weight is 453 g/mol. The number of amides is 1. The fourth-order valence-corrected chi connectivity index (χ4v) is 2.96. The van der Waals surface area contributed by atoms with Gasteiger partial charge in [0.15, 0.2) is 17.6 Å². The summed E-state index contributed by atoms with van der Waals surface area (Å²) >= 11 is 12.0. The van der Waals surface area contributed by atoms with Crippen molar-refractivity contribution < 1.29 is 28.7 Å². The van der Waals surface area contributed by atoms with Crippen LogP contribution in [0.4, 0.5) is 11.4 Å². The van der Waals surface area contributed by atoms with Crippen molar-refractivity contribution in [3.05, 3.63) is 62.1 Å². The molecule has 1 aliphatic rings. The number of nitro groups is 1. The van der Waals surface area contributed by atoms with E-state index in [1.54, 1.807) is 12.1 Å². The van der Waals surface area contributed by atoms with E-state index in [1.807, 2.05) is 0 Å². The molecule has 1 N–H and O–H groups in total. The molecule has 0 fully saturated rings. The van der Waals surface area contributed by atoms with Crippen molar-refractivity contribution in [3.63, 3.8) is 0 Å². The van der Waals surface area contributed by atoms with Crippen molar-refractivity contribution in [2.75, 3.05) is 12.1 Å². The Morgan fingerprint density at radius 2 is 2.00 bits per heavy atom. The molecule has 0 aromatic heterocycles. The molecule has 2 aromatic rings. The highest BCUT2D eigenvalue weighted by Crippen LogP contribution is 2.40. The van der Waals surface area contributed by atoms with Crippen LogP contribution in [-0.4, -0.2) is 29.7 Å². The first-order chi connectivity index (χ1) is 14.2. The van der Waals surface area contributed by atoms with Crippen LogP contribution in [0, 0.1) is 10.1 Å². The lowest BCUT2D eigenvalue weighted by atomic mass is 10.2. The van der Waals surface area contributed by atoms with Crippen LogP contribution in [0.5, 0.6) is 11.5 Å². The topological polar surface area (TPSA) is 117 Å². The van der Waals surface area contributed by atoms with Gasteiger partial charge >= 0.3 is 5.97 Å².